The molecule has 0 aromatic heterocycles. The van der Waals surface area contributed by atoms with E-state index in [1.807, 2.05) is 18.2 Å². The number of nitriles is 1. The normalized spacial score (nSPS) is 28.5. The number of hydrogen-bond donors (Lipinski definition) is 0. The highest BCUT2D eigenvalue weighted by Crippen LogP contribution is 2.50. The van der Waals surface area contributed by atoms with Crippen molar-refractivity contribution in [2.45, 2.75) is 49.5 Å². The van der Waals surface area contributed by atoms with Gasteiger partial charge in [-0.2, -0.15) is 5.26 Å². The first kappa shape index (κ1) is 17.8. The summed E-state index contributed by atoms with van der Waals surface area (Å²) in [4.78, 5) is 0. The Morgan fingerprint density at radius 3 is 2.27 bits per heavy atom. The Hall–Kier alpha value is -1.63. The first-order valence-corrected chi connectivity index (χ1v) is 10.3. The van der Waals surface area contributed by atoms with Crippen molar-refractivity contribution in [2.24, 2.45) is 5.92 Å². The van der Waals surface area contributed by atoms with Crippen LogP contribution in [-0.4, -0.2) is 6.61 Å². The van der Waals surface area contributed by atoms with Gasteiger partial charge in [0.2, 0.25) is 0 Å². The zero-order valence-corrected chi connectivity index (χ0v) is 16.5. The minimum Gasteiger partial charge on any atom is -0.370 e. The first-order valence-electron chi connectivity index (χ1n) is 9.53. The maximum absolute atomic E-state index is 10.0. The van der Waals surface area contributed by atoms with Crippen LogP contribution >= 0.6 is 15.9 Å². The molecule has 0 aliphatic heterocycles. The number of rotatable bonds is 5. The second kappa shape index (κ2) is 7.18. The molecule has 0 heterocycles. The van der Waals surface area contributed by atoms with Crippen molar-refractivity contribution in [1.82, 2.24) is 0 Å². The van der Waals surface area contributed by atoms with Gasteiger partial charge in [-0.3, -0.25) is 0 Å². The van der Waals surface area contributed by atoms with Crippen LogP contribution in [0.4, 0.5) is 0 Å². The molecule has 2 saturated carbocycles. The summed E-state index contributed by atoms with van der Waals surface area (Å²) in [5, 5.41) is 10.0. The molecule has 0 radical (unpaired) electrons. The van der Waals surface area contributed by atoms with E-state index in [2.05, 4.69) is 58.4 Å². The maximum Gasteiger partial charge on any atom is 0.0933 e. The first-order chi connectivity index (χ1) is 12.7. The molecule has 0 saturated heterocycles. The summed E-state index contributed by atoms with van der Waals surface area (Å²) in [7, 11) is 0. The largest absolute Gasteiger partial charge is 0.370 e. The molecule has 2 nitrogen and oxygen atoms in total. The SMILES string of the molecule is N#CC1(c2ccccc2)CCC(OCC2CC2)(c2cccc(Br)c2)CC1. The van der Waals surface area contributed by atoms with Gasteiger partial charge in [-0.25, -0.2) is 0 Å². The third-order valence-electron chi connectivity index (χ3n) is 6.09. The van der Waals surface area contributed by atoms with Crippen molar-refractivity contribution < 1.29 is 4.74 Å². The predicted octanol–water partition coefficient (Wildman–Crippen LogP) is 6.11. The van der Waals surface area contributed by atoms with Crippen LogP contribution in [0.5, 0.6) is 0 Å². The van der Waals surface area contributed by atoms with E-state index in [1.165, 1.54) is 18.4 Å². The topological polar surface area (TPSA) is 33.0 Å². The molecule has 2 aromatic rings. The summed E-state index contributed by atoms with van der Waals surface area (Å²) in [5.41, 5.74) is 1.74. The summed E-state index contributed by atoms with van der Waals surface area (Å²) in [6.45, 7) is 0.845. The molecule has 2 aliphatic carbocycles. The van der Waals surface area contributed by atoms with Crippen LogP contribution in [0.25, 0.3) is 0 Å². The Bertz CT molecular complexity index is 798. The predicted molar refractivity (Wildman–Crippen MR) is 107 cm³/mol. The van der Waals surface area contributed by atoms with Gasteiger partial charge in [0.05, 0.1) is 23.7 Å². The summed E-state index contributed by atoms with van der Waals surface area (Å²) in [5.74, 6) is 0.732. The van der Waals surface area contributed by atoms with Crippen LogP contribution in [0.3, 0.4) is 0 Å². The summed E-state index contributed by atoms with van der Waals surface area (Å²) >= 11 is 3.61. The van der Waals surface area contributed by atoms with Gasteiger partial charge in [0, 0.05) is 4.47 Å². The van der Waals surface area contributed by atoms with Gasteiger partial charge in [-0.15, -0.1) is 0 Å². The van der Waals surface area contributed by atoms with Gasteiger partial charge in [-0.05, 0) is 67.7 Å². The van der Waals surface area contributed by atoms with E-state index in [0.29, 0.717) is 0 Å². The van der Waals surface area contributed by atoms with Crippen LogP contribution < -0.4 is 0 Å². The average molecular weight is 410 g/mol. The zero-order chi connectivity index (χ0) is 18.0. The Balaban J connectivity index is 1.62. The number of ether oxygens (including phenoxy) is 1. The highest BCUT2D eigenvalue weighted by Gasteiger charge is 2.46. The van der Waals surface area contributed by atoms with E-state index >= 15 is 0 Å². The molecule has 0 bridgehead atoms. The van der Waals surface area contributed by atoms with Crippen molar-refractivity contribution in [3.8, 4) is 6.07 Å². The van der Waals surface area contributed by atoms with Crippen LogP contribution in [-0.2, 0) is 15.8 Å². The lowest BCUT2D eigenvalue weighted by Crippen LogP contribution is -2.41. The molecule has 0 unspecified atom stereocenters. The average Bonchev–Trinajstić information content (AvgIpc) is 3.52. The smallest absolute Gasteiger partial charge is 0.0933 e. The minimum absolute atomic E-state index is 0.262. The molecular weight excluding hydrogens is 386 g/mol. The van der Waals surface area contributed by atoms with Crippen LogP contribution in [0, 0.1) is 17.2 Å². The van der Waals surface area contributed by atoms with Crippen LogP contribution in [0.15, 0.2) is 59.1 Å². The number of benzene rings is 2. The Morgan fingerprint density at radius 2 is 1.65 bits per heavy atom. The number of hydrogen-bond acceptors (Lipinski definition) is 2. The second-order valence-electron chi connectivity index (χ2n) is 7.82. The highest BCUT2D eigenvalue weighted by atomic mass is 79.9. The van der Waals surface area contributed by atoms with E-state index in [0.717, 1.165) is 48.2 Å². The summed E-state index contributed by atoms with van der Waals surface area (Å²) < 4.78 is 7.67. The summed E-state index contributed by atoms with van der Waals surface area (Å²) in [6, 6.07) is 21.4. The van der Waals surface area contributed by atoms with E-state index in [9.17, 15) is 5.26 Å². The van der Waals surface area contributed by atoms with E-state index in [1.54, 1.807) is 0 Å². The molecule has 0 spiro atoms. The fraction of sp³-hybridized carbons (Fsp3) is 0.435. The van der Waals surface area contributed by atoms with Crippen LogP contribution in [0.2, 0.25) is 0 Å². The van der Waals surface area contributed by atoms with E-state index in [-0.39, 0.29) is 11.0 Å². The molecule has 3 heteroatoms. The fourth-order valence-electron chi connectivity index (χ4n) is 4.15. The number of halogens is 1. The quantitative estimate of drug-likeness (QED) is 0.596. The standard InChI is InChI=1S/C23H24BrNO/c24-21-8-4-7-20(15-21)23(26-16-18-9-10-18)13-11-22(17-25,12-14-23)19-5-2-1-3-6-19/h1-8,15,18H,9-14,16H2. The van der Waals surface area contributed by atoms with Gasteiger partial charge in [0.1, 0.15) is 0 Å². The van der Waals surface area contributed by atoms with Crippen molar-refractivity contribution in [3.05, 3.63) is 70.2 Å². The van der Waals surface area contributed by atoms with E-state index < -0.39 is 0 Å². The molecule has 2 fully saturated rings. The lowest BCUT2D eigenvalue weighted by atomic mass is 9.64. The molecule has 4 rings (SSSR count). The van der Waals surface area contributed by atoms with Gasteiger partial charge < -0.3 is 4.74 Å². The van der Waals surface area contributed by atoms with Gasteiger partial charge >= 0.3 is 0 Å². The zero-order valence-electron chi connectivity index (χ0n) is 15.0. The summed E-state index contributed by atoms with van der Waals surface area (Å²) in [6.07, 6.45) is 6.04. The lowest BCUT2D eigenvalue weighted by Gasteiger charge is -2.44. The van der Waals surface area contributed by atoms with Gasteiger partial charge in [0.15, 0.2) is 0 Å². The lowest BCUT2D eigenvalue weighted by molar-refractivity contribution is -0.0881. The Morgan fingerprint density at radius 1 is 0.962 bits per heavy atom. The van der Waals surface area contributed by atoms with Crippen molar-refractivity contribution >= 4 is 15.9 Å². The Labute approximate surface area is 164 Å². The second-order valence-corrected chi connectivity index (χ2v) is 8.73. The monoisotopic (exact) mass is 409 g/mol. The highest BCUT2D eigenvalue weighted by molar-refractivity contribution is 9.10. The van der Waals surface area contributed by atoms with Gasteiger partial charge in [0.25, 0.3) is 0 Å². The molecule has 2 aliphatic rings. The van der Waals surface area contributed by atoms with Gasteiger partial charge in [-0.1, -0.05) is 58.4 Å². The van der Waals surface area contributed by atoms with Crippen molar-refractivity contribution in [3.63, 3.8) is 0 Å². The van der Waals surface area contributed by atoms with Crippen molar-refractivity contribution in [2.75, 3.05) is 6.61 Å². The molecule has 0 amide bonds. The fourth-order valence-corrected chi connectivity index (χ4v) is 4.55. The minimum atomic E-state index is -0.389. The van der Waals surface area contributed by atoms with Crippen LogP contribution in [0.1, 0.15) is 49.7 Å². The maximum atomic E-state index is 10.0. The molecule has 26 heavy (non-hydrogen) atoms. The Kier molecular flexibility index (Phi) is 4.90. The van der Waals surface area contributed by atoms with E-state index in [4.69, 9.17) is 4.74 Å². The third kappa shape index (κ3) is 3.46. The molecule has 0 N–H and O–H groups in total. The molecular formula is C23H24BrNO. The number of nitrogens with zero attached hydrogens (tertiary/aromatic N) is 1. The molecule has 0 atom stereocenters. The molecule has 134 valence electrons. The molecule has 2 aromatic carbocycles. The van der Waals surface area contributed by atoms with Crippen molar-refractivity contribution in [1.29, 1.82) is 5.26 Å². The third-order valence-corrected chi connectivity index (χ3v) is 6.59.